The molecule has 0 aliphatic rings. The molecule has 39 heavy (non-hydrogen) atoms. The Labute approximate surface area is 234 Å². The van der Waals surface area contributed by atoms with Crippen molar-refractivity contribution in [3.63, 3.8) is 0 Å². The lowest BCUT2D eigenvalue weighted by Gasteiger charge is -2.14. The summed E-state index contributed by atoms with van der Waals surface area (Å²) in [5, 5.41) is 3.49. The van der Waals surface area contributed by atoms with Crippen molar-refractivity contribution in [3.8, 4) is 16.9 Å². The lowest BCUT2D eigenvalue weighted by atomic mass is 10.0. The van der Waals surface area contributed by atoms with Gasteiger partial charge in [-0.05, 0) is 66.1 Å². The lowest BCUT2D eigenvalue weighted by Crippen LogP contribution is -2.25. The summed E-state index contributed by atoms with van der Waals surface area (Å²) in [5.74, 6) is 0.358. The number of aromatic nitrogens is 2. The Morgan fingerprint density at radius 3 is 2.28 bits per heavy atom. The van der Waals surface area contributed by atoms with Crippen molar-refractivity contribution in [2.75, 3.05) is 18.0 Å². The summed E-state index contributed by atoms with van der Waals surface area (Å²) in [5.41, 5.74) is 14.8. The highest BCUT2D eigenvalue weighted by atomic mass is 35.5. The number of hydrogen-bond acceptors (Lipinski definition) is 8. The molecule has 1 amide bonds. The van der Waals surface area contributed by atoms with E-state index >= 15 is 0 Å². The van der Waals surface area contributed by atoms with E-state index in [1.165, 1.54) is 12.1 Å². The third kappa shape index (κ3) is 7.14. The Bertz CT molecular complexity index is 1620. The van der Waals surface area contributed by atoms with Gasteiger partial charge in [0, 0.05) is 17.7 Å². The Kier molecular flexibility index (Phi) is 8.54. The average molecular weight is 590 g/mol. The highest BCUT2D eigenvalue weighted by molar-refractivity contribution is 7.86. The third-order valence-corrected chi connectivity index (χ3v) is 7.21. The maximum atomic E-state index is 13.0. The zero-order valence-electron chi connectivity index (χ0n) is 20.2. The highest BCUT2D eigenvalue weighted by Crippen LogP contribution is 2.33. The summed E-state index contributed by atoms with van der Waals surface area (Å²) in [6.07, 6.45) is 0.531. The summed E-state index contributed by atoms with van der Waals surface area (Å²) in [4.78, 5) is 20.1. The molecule has 1 aromatic heterocycles. The smallest absolute Gasteiger partial charge is 0.332 e. The molecule has 0 saturated carbocycles. The number of amides is 1. The number of ether oxygens (including phenoxy) is 1. The van der Waals surface area contributed by atoms with Gasteiger partial charge < -0.3 is 21.5 Å². The first kappa shape index (κ1) is 28.1. The van der Waals surface area contributed by atoms with Crippen LogP contribution in [0.4, 0.5) is 15.7 Å². The molecule has 13 heteroatoms. The van der Waals surface area contributed by atoms with Gasteiger partial charge in [0.2, 0.25) is 5.95 Å². The van der Waals surface area contributed by atoms with Gasteiger partial charge in [0.05, 0.1) is 20.6 Å². The van der Waals surface area contributed by atoms with Gasteiger partial charge in [-0.25, -0.2) is 4.98 Å². The van der Waals surface area contributed by atoms with Crippen molar-refractivity contribution in [3.05, 3.63) is 93.6 Å². The molecule has 0 radical (unpaired) electrons. The zero-order valence-corrected chi connectivity index (χ0v) is 22.5. The van der Waals surface area contributed by atoms with Crippen LogP contribution in [0.25, 0.3) is 11.1 Å². The van der Waals surface area contributed by atoms with Crippen molar-refractivity contribution < 1.29 is 21.8 Å². The first-order valence-corrected chi connectivity index (χ1v) is 13.6. The van der Waals surface area contributed by atoms with E-state index in [2.05, 4.69) is 15.3 Å². The normalized spacial score (nSPS) is 11.3. The maximum absolute atomic E-state index is 13.0. The molecule has 4 aromatic rings. The molecule has 0 aliphatic heterocycles. The van der Waals surface area contributed by atoms with E-state index in [4.69, 9.17) is 39.4 Å². The van der Waals surface area contributed by atoms with E-state index in [0.29, 0.717) is 45.6 Å². The number of carbonyl (C=O) groups excluding carboxylic acids is 1. The molecule has 0 saturated heterocycles. The minimum Gasteiger partial charge on any atom is -0.487 e. The van der Waals surface area contributed by atoms with Crippen LogP contribution in [0.1, 0.15) is 21.6 Å². The van der Waals surface area contributed by atoms with E-state index in [1.807, 2.05) is 12.1 Å². The third-order valence-electron chi connectivity index (χ3n) is 5.63. The predicted octanol–water partition coefficient (Wildman–Crippen LogP) is 4.82. The van der Waals surface area contributed by atoms with Crippen LogP contribution in [0.15, 0.2) is 71.6 Å². The number of anilines is 2. The summed E-state index contributed by atoms with van der Waals surface area (Å²) < 4.78 is 40.7. The molecule has 4 rings (SSSR count). The summed E-state index contributed by atoms with van der Waals surface area (Å²) in [6.45, 7) is 0.388. The molecule has 3 aromatic carbocycles. The number of nitrogens with zero attached hydrogens (tertiary/aromatic N) is 2. The Morgan fingerprint density at radius 1 is 0.949 bits per heavy atom. The van der Waals surface area contributed by atoms with Crippen molar-refractivity contribution >= 4 is 51.1 Å². The average Bonchev–Trinajstić information content (AvgIpc) is 2.89. The number of benzene rings is 3. The quantitative estimate of drug-likeness (QED) is 0.235. The van der Waals surface area contributed by atoms with E-state index in [-0.39, 0.29) is 23.9 Å². The second-order valence-electron chi connectivity index (χ2n) is 8.32. The van der Waals surface area contributed by atoms with Crippen LogP contribution in [0.2, 0.25) is 10.0 Å². The van der Waals surface area contributed by atoms with Crippen molar-refractivity contribution in [1.82, 2.24) is 15.3 Å². The van der Waals surface area contributed by atoms with Gasteiger partial charge in [-0.2, -0.15) is 13.4 Å². The van der Waals surface area contributed by atoms with E-state index < -0.39 is 21.0 Å². The number of nitrogens with two attached hydrogens (primary N) is 2. The number of carbonyl (C=O) groups is 1. The molecular weight excluding hydrogens is 568 g/mol. The van der Waals surface area contributed by atoms with Gasteiger partial charge in [-0.3, -0.25) is 4.79 Å². The predicted molar refractivity (Wildman–Crippen MR) is 148 cm³/mol. The van der Waals surface area contributed by atoms with Gasteiger partial charge in [0.1, 0.15) is 18.2 Å². The molecule has 5 N–H and O–H groups in total. The van der Waals surface area contributed by atoms with Crippen molar-refractivity contribution in [2.45, 2.75) is 17.9 Å². The monoisotopic (exact) mass is 589 g/mol. The van der Waals surface area contributed by atoms with Gasteiger partial charge >= 0.3 is 10.2 Å². The van der Waals surface area contributed by atoms with E-state index in [1.54, 1.807) is 30.3 Å². The van der Waals surface area contributed by atoms with Crippen LogP contribution in [0.5, 0.6) is 5.75 Å². The van der Waals surface area contributed by atoms with E-state index in [0.717, 1.165) is 17.7 Å². The van der Waals surface area contributed by atoms with Crippen LogP contribution in [0.3, 0.4) is 0 Å². The minimum absolute atomic E-state index is 0.00990. The van der Waals surface area contributed by atoms with Crippen LogP contribution >= 0.6 is 23.2 Å². The first-order valence-electron chi connectivity index (χ1n) is 11.4. The number of nitrogens with one attached hydrogen (secondary N) is 1. The van der Waals surface area contributed by atoms with Gasteiger partial charge in [-0.15, -0.1) is 3.89 Å². The van der Waals surface area contributed by atoms with Crippen molar-refractivity contribution in [1.29, 1.82) is 0 Å². The van der Waals surface area contributed by atoms with Gasteiger partial charge in [0.15, 0.2) is 0 Å². The zero-order chi connectivity index (χ0) is 28.2. The molecule has 0 bridgehead atoms. The van der Waals surface area contributed by atoms with Gasteiger partial charge in [-0.1, -0.05) is 41.4 Å². The number of nitrogen functional groups attached to an aromatic ring is 2. The van der Waals surface area contributed by atoms with Crippen molar-refractivity contribution in [2.24, 2.45) is 0 Å². The molecule has 0 unspecified atom stereocenters. The molecule has 9 nitrogen and oxygen atoms in total. The van der Waals surface area contributed by atoms with Gasteiger partial charge in [0.25, 0.3) is 5.91 Å². The lowest BCUT2D eigenvalue weighted by molar-refractivity contribution is 0.0954. The number of hydrogen-bond donors (Lipinski definition) is 3. The molecule has 1 heterocycles. The number of halogens is 3. The number of rotatable bonds is 9. The molecule has 0 aliphatic carbocycles. The summed E-state index contributed by atoms with van der Waals surface area (Å²) in [6, 6.07) is 16.9. The highest BCUT2D eigenvalue weighted by Gasteiger charge is 2.16. The van der Waals surface area contributed by atoms with E-state index in [9.17, 15) is 17.1 Å². The fourth-order valence-corrected chi connectivity index (χ4v) is 4.47. The fraction of sp³-hybridized carbons (Fsp3) is 0.115. The molecular formula is C26H22Cl2FN5O4S. The summed E-state index contributed by atoms with van der Waals surface area (Å²) >= 11 is 12.2. The first-order chi connectivity index (χ1) is 18.5. The molecule has 0 atom stereocenters. The molecule has 202 valence electrons. The van der Waals surface area contributed by atoms with Crippen LogP contribution in [-0.2, 0) is 23.3 Å². The van der Waals surface area contributed by atoms with Crippen LogP contribution in [-0.4, -0.2) is 30.8 Å². The largest absolute Gasteiger partial charge is 0.487 e. The molecule has 0 fully saturated rings. The topological polar surface area (TPSA) is 150 Å². The Morgan fingerprint density at radius 2 is 1.64 bits per heavy atom. The Balaban J connectivity index is 1.35. The van der Waals surface area contributed by atoms with Crippen LogP contribution < -0.4 is 21.5 Å². The SMILES string of the molecule is Nc1nc(N)c(-c2ccc(Cl)c(Cl)c2)c(COc2ccc(CCNC(=O)c3ccc(S(=O)(=O)F)cc3)cc2)n1. The second-order valence-corrected chi connectivity index (χ2v) is 10.5. The fourth-order valence-electron chi connectivity index (χ4n) is 3.71. The minimum atomic E-state index is -4.81. The Hall–Kier alpha value is -3.93. The maximum Gasteiger partial charge on any atom is 0.332 e. The second kappa shape index (κ2) is 11.9. The standard InChI is InChI=1S/C26H22Cl2FN5O4S/c27-20-10-5-17(13-21(20)28)23-22(33-26(31)34-24(23)30)14-38-18-6-1-15(2-7-18)11-12-32-25(35)16-3-8-19(9-4-16)39(29,36)37/h1-10,13H,11-12,14H2,(H,32,35)(H4,30,31,33,34). The molecule has 0 spiro atoms. The van der Waals surface area contributed by atoms with Crippen LogP contribution in [0, 0.1) is 0 Å². The summed E-state index contributed by atoms with van der Waals surface area (Å²) in [7, 11) is -4.81.